The Hall–Kier alpha value is -2.74. The molecule has 0 saturated carbocycles. The number of hydrazine groups is 1. The summed E-state index contributed by atoms with van der Waals surface area (Å²) in [5.41, 5.74) is 2.82. The third-order valence-corrected chi connectivity index (χ3v) is 2.88. The maximum atomic E-state index is 13.2. The molecule has 2 rings (SSSR count). The number of halogens is 1. The van der Waals surface area contributed by atoms with Crippen LogP contribution in [0.3, 0.4) is 0 Å². The zero-order chi connectivity index (χ0) is 15.4. The molecular weight excluding hydrogens is 277 g/mol. The Kier molecular flexibility index (Phi) is 4.29. The Morgan fingerprint density at radius 3 is 2.67 bits per heavy atom. The van der Waals surface area contributed by atoms with Gasteiger partial charge in [-0.25, -0.2) is 15.2 Å². The number of aromatic nitrogens is 1. The molecule has 1 aromatic carbocycles. The molecule has 0 fully saturated rings. The number of pyridine rings is 1. The first-order valence-corrected chi connectivity index (χ1v) is 6.14. The summed E-state index contributed by atoms with van der Waals surface area (Å²) < 4.78 is 13.2. The zero-order valence-corrected chi connectivity index (χ0v) is 11.2. The molecular formula is C13H14FN5O2. The van der Waals surface area contributed by atoms with Crippen LogP contribution in [0.5, 0.6) is 0 Å². The second-order valence-electron chi connectivity index (χ2n) is 4.42. The van der Waals surface area contributed by atoms with Gasteiger partial charge in [0.2, 0.25) is 0 Å². The highest BCUT2D eigenvalue weighted by atomic mass is 19.1. The van der Waals surface area contributed by atoms with Crippen LogP contribution >= 0.6 is 0 Å². The van der Waals surface area contributed by atoms with Crippen molar-refractivity contribution in [2.45, 2.75) is 13.0 Å². The van der Waals surface area contributed by atoms with Gasteiger partial charge in [0.1, 0.15) is 17.5 Å². The Balaban J connectivity index is 2.26. The van der Waals surface area contributed by atoms with Crippen LogP contribution in [0, 0.1) is 15.9 Å². The number of nitrogens with two attached hydrogens (primary N) is 1. The molecule has 8 heteroatoms. The van der Waals surface area contributed by atoms with Gasteiger partial charge in [-0.1, -0.05) is 12.1 Å². The van der Waals surface area contributed by atoms with Crippen molar-refractivity contribution in [1.82, 2.24) is 4.98 Å². The second-order valence-corrected chi connectivity index (χ2v) is 4.42. The average molecular weight is 291 g/mol. The number of anilines is 2. The smallest absolute Gasteiger partial charge is 0.276 e. The first-order valence-electron chi connectivity index (χ1n) is 6.14. The highest BCUT2D eigenvalue weighted by Gasteiger charge is 2.13. The van der Waals surface area contributed by atoms with E-state index in [1.54, 1.807) is 19.1 Å². The van der Waals surface area contributed by atoms with Crippen LogP contribution in [0.1, 0.15) is 18.5 Å². The molecule has 1 atom stereocenters. The van der Waals surface area contributed by atoms with Crippen LogP contribution in [-0.2, 0) is 0 Å². The van der Waals surface area contributed by atoms with Gasteiger partial charge in [-0.2, -0.15) is 0 Å². The minimum atomic E-state index is -0.541. The summed E-state index contributed by atoms with van der Waals surface area (Å²) in [5, 5.41) is 13.8. The number of hydrogen-bond acceptors (Lipinski definition) is 6. The minimum Gasteiger partial charge on any atom is -0.363 e. The van der Waals surface area contributed by atoms with Gasteiger partial charge in [0.05, 0.1) is 23.1 Å². The van der Waals surface area contributed by atoms with E-state index in [2.05, 4.69) is 15.7 Å². The number of benzene rings is 1. The molecule has 0 aliphatic rings. The normalized spacial score (nSPS) is 11.8. The highest BCUT2D eigenvalue weighted by Crippen LogP contribution is 2.24. The Bertz CT molecular complexity index is 665. The molecule has 7 nitrogen and oxygen atoms in total. The minimum absolute atomic E-state index is 0.146. The first kappa shape index (κ1) is 14.7. The molecule has 0 aliphatic heterocycles. The molecule has 0 radical (unpaired) electrons. The van der Waals surface area contributed by atoms with Crippen LogP contribution in [0.4, 0.5) is 21.7 Å². The molecule has 0 saturated heterocycles. The number of nitrogen functional groups attached to an aromatic ring is 1. The molecule has 2 aromatic rings. The van der Waals surface area contributed by atoms with Gasteiger partial charge in [-0.05, 0) is 24.6 Å². The summed E-state index contributed by atoms with van der Waals surface area (Å²) >= 11 is 0. The summed E-state index contributed by atoms with van der Waals surface area (Å²) in [6.07, 6.45) is 0. The number of nitro groups is 1. The summed E-state index contributed by atoms with van der Waals surface area (Å²) in [6, 6.07) is 8.31. The summed E-state index contributed by atoms with van der Waals surface area (Å²) in [4.78, 5) is 14.4. The quantitative estimate of drug-likeness (QED) is 0.444. The van der Waals surface area contributed by atoms with E-state index in [1.807, 2.05) is 0 Å². The van der Waals surface area contributed by atoms with Crippen molar-refractivity contribution < 1.29 is 9.31 Å². The standard InChI is InChI=1S/C13H14FN5O2/c1-8(9-3-2-4-10(14)5-9)16-12-6-11(19(20)21)7-13(17-12)18-15/h2-8H,15H2,1H3,(H2,16,17,18). The van der Waals surface area contributed by atoms with Gasteiger partial charge in [0.25, 0.3) is 5.69 Å². The molecule has 1 unspecified atom stereocenters. The first-order chi connectivity index (χ1) is 9.99. The predicted octanol–water partition coefficient (Wildman–Crippen LogP) is 2.59. The fraction of sp³-hybridized carbons (Fsp3) is 0.154. The van der Waals surface area contributed by atoms with Crippen LogP contribution < -0.4 is 16.6 Å². The highest BCUT2D eigenvalue weighted by molar-refractivity contribution is 5.54. The van der Waals surface area contributed by atoms with Gasteiger partial charge >= 0.3 is 0 Å². The van der Waals surface area contributed by atoms with Crippen molar-refractivity contribution in [3.63, 3.8) is 0 Å². The summed E-state index contributed by atoms with van der Waals surface area (Å²) in [5.74, 6) is 5.32. The fourth-order valence-corrected chi connectivity index (χ4v) is 1.85. The number of hydrogen-bond donors (Lipinski definition) is 3. The molecule has 110 valence electrons. The van der Waals surface area contributed by atoms with Gasteiger partial charge in [0, 0.05) is 0 Å². The molecule has 1 heterocycles. The van der Waals surface area contributed by atoms with Crippen molar-refractivity contribution in [1.29, 1.82) is 0 Å². The van der Waals surface area contributed by atoms with Gasteiger partial charge < -0.3 is 10.7 Å². The SMILES string of the molecule is CC(Nc1cc([N+](=O)[O-])cc(NN)n1)c1cccc(F)c1. The second kappa shape index (κ2) is 6.14. The van der Waals surface area contributed by atoms with E-state index in [4.69, 9.17) is 5.84 Å². The monoisotopic (exact) mass is 291 g/mol. The number of rotatable bonds is 5. The fourth-order valence-electron chi connectivity index (χ4n) is 1.85. The van der Waals surface area contributed by atoms with Crippen LogP contribution in [0.25, 0.3) is 0 Å². The lowest BCUT2D eigenvalue weighted by atomic mass is 10.1. The zero-order valence-electron chi connectivity index (χ0n) is 11.2. The van der Waals surface area contributed by atoms with E-state index in [-0.39, 0.29) is 29.2 Å². The molecule has 0 bridgehead atoms. The van der Waals surface area contributed by atoms with Crippen molar-refractivity contribution in [2.75, 3.05) is 10.7 Å². The van der Waals surface area contributed by atoms with E-state index in [0.29, 0.717) is 5.56 Å². The predicted molar refractivity (Wildman–Crippen MR) is 77.1 cm³/mol. The van der Waals surface area contributed by atoms with Crippen LogP contribution in [0.2, 0.25) is 0 Å². The van der Waals surface area contributed by atoms with E-state index in [9.17, 15) is 14.5 Å². The summed E-state index contributed by atoms with van der Waals surface area (Å²) in [6.45, 7) is 1.80. The summed E-state index contributed by atoms with van der Waals surface area (Å²) in [7, 11) is 0. The van der Waals surface area contributed by atoms with Crippen molar-refractivity contribution in [3.05, 3.63) is 57.9 Å². The molecule has 0 aliphatic carbocycles. The molecule has 0 amide bonds. The lowest BCUT2D eigenvalue weighted by molar-refractivity contribution is -0.384. The van der Waals surface area contributed by atoms with Crippen LogP contribution in [-0.4, -0.2) is 9.91 Å². The average Bonchev–Trinajstić information content (AvgIpc) is 2.46. The maximum Gasteiger partial charge on any atom is 0.276 e. The van der Waals surface area contributed by atoms with Crippen molar-refractivity contribution in [2.24, 2.45) is 5.84 Å². The Labute approximate surface area is 120 Å². The van der Waals surface area contributed by atoms with E-state index >= 15 is 0 Å². The maximum absolute atomic E-state index is 13.2. The Morgan fingerprint density at radius 1 is 1.33 bits per heavy atom. The number of nitrogens with one attached hydrogen (secondary N) is 2. The third-order valence-electron chi connectivity index (χ3n) is 2.88. The van der Waals surface area contributed by atoms with Crippen LogP contribution in [0.15, 0.2) is 36.4 Å². The van der Waals surface area contributed by atoms with Crippen molar-refractivity contribution >= 4 is 17.3 Å². The topological polar surface area (TPSA) is 106 Å². The van der Waals surface area contributed by atoms with E-state index in [1.165, 1.54) is 24.3 Å². The molecule has 21 heavy (non-hydrogen) atoms. The molecule has 0 spiro atoms. The Morgan fingerprint density at radius 2 is 2.05 bits per heavy atom. The van der Waals surface area contributed by atoms with Gasteiger partial charge in [0.15, 0.2) is 0 Å². The van der Waals surface area contributed by atoms with Gasteiger partial charge in [-0.3, -0.25) is 10.1 Å². The molecule has 1 aromatic heterocycles. The third kappa shape index (κ3) is 3.63. The van der Waals surface area contributed by atoms with Gasteiger partial charge in [-0.15, -0.1) is 0 Å². The van der Waals surface area contributed by atoms with Crippen molar-refractivity contribution in [3.8, 4) is 0 Å². The lowest BCUT2D eigenvalue weighted by Gasteiger charge is -2.15. The lowest BCUT2D eigenvalue weighted by Crippen LogP contribution is -2.12. The van der Waals surface area contributed by atoms with E-state index < -0.39 is 4.92 Å². The molecule has 4 N–H and O–H groups in total. The number of nitrogens with zero attached hydrogens (tertiary/aromatic N) is 2. The van der Waals surface area contributed by atoms with E-state index in [0.717, 1.165) is 0 Å². The largest absolute Gasteiger partial charge is 0.363 e.